The van der Waals surface area contributed by atoms with Crippen molar-refractivity contribution in [3.8, 4) is 0 Å². The van der Waals surface area contributed by atoms with E-state index in [1.165, 1.54) is 10.6 Å². The van der Waals surface area contributed by atoms with Gasteiger partial charge < -0.3 is 10.0 Å². The number of aromatic nitrogens is 1. The Balaban J connectivity index is 1.70. The highest BCUT2D eigenvalue weighted by molar-refractivity contribution is 7.09. The lowest BCUT2D eigenvalue weighted by Gasteiger charge is -2.14. The Morgan fingerprint density at radius 3 is 2.73 bits per heavy atom. The number of fused-ring (bicyclic) bond motifs is 1. The third kappa shape index (κ3) is 1.33. The molecule has 0 spiro atoms. The van der Waals surface area contributed by atoms with Gasteiger partial charge in [0.25, 0.3) is 0 Å². The van der Waals surface area contributed by atoms with E-state index in [4.69, 9.17) is 5.11 Å². The Hall–Kier alpha value is -1.10. The van der Waals surface area contributed by atoms with Gasteiger partial charge in [-0.1, -0.05) is 0 Å². The van der Waals surface area contributed by atoms with Crippen LogP contribution in [-0.2, 0) is 0 Å². The smallest absolute Gasteiger partial charge is 0.407 e. The number of nitrogens with zero attached hydrogens (tertiary/aromatic N) is 2. The summed E-state index contributed by atoms with van der Waals surface area (Å²) in [5, 5.41) is 12.0. The van der Waals surface area contributed by atoms with E-state index in [2.05, 4.69) is 10.4 Å². The van der Waals surface area contributed by atoms with Crippen LogP contribution in [0.25, 0.3) is 0 Å². The molecule has 1 N–H and O–H groups in total. The van der Waals surface area contributed by atoms with Crippen molar-refractivity contribution in [1.82, 2.24) is 9.88 Å². The molecule has 2 fully saturated rings. The average molecular weight is 224 g/mol. The van der Waals surface area contributed by atoms with Crippen LogP contribution in [0.5, 0.6) is 0 Å². The normalized spacial score (nSPS) is 32.9. The summed E-state index contributed by atoms with van der Waals surface area (Å²) < 4.78 is 0. The molecule has 2 aliphatic rings. The van der Waals surface area contributed by atoms with Crippen molar-refractivity contribution in [3.63, 3.8) is 0 Å². The molecule has 0 bridgehead atoms. The second kappa shape index (κ2) is 2.95. The molecule has 1 aromatic heterocycles. The molecular weight excluding hydrogens is 212 g/mol. The molecule has 1 aromatic rings. The summed E-state index contributed by atoms with van der Waals surface area (Å²) >= 11 is 1.68. The van der Waals surface area contributed by atoms with Crippen LogP contribution in [0.1, 0.15) is 16.6 Å². The van der Waals surface area contributed by atoms with Gasteiger partial charge in [-0.3, -0.25) is 0 Å². The summed E-state index contributed by atoms with van der Waals surface area (Å²) in [6.45, 7) is 3.40. The van der Waals surface area contributed by atoms with E-state index in [0.717, 1.165) is 5.01 Å². The van der Waals surface area contributed by atoms with Gasteiger partial charge in [0.1, 0.15) is 0 Å². The molecule has 1 saturated heterocycles. The van der Waals surface area contributed by atoms with Crippen LogP contribution in [-0.4, -0.2) is 34.2 Å². The summed E-state index contributed by atoms with van der Waals surface area (Å²) in [6, 6.07) is 0. The fourth-order valence-electron chi connectivity index (χ4n) is 2.65. The molecule has 2 heterocycles. The molecular formula is C10H12N2O2S. The van der Waals surface area contributed by atoms with Crippen molar-refractivity contribution in [2.24, 2.45) is 11.8 Å². The summed E-state index contributed by atoms with van der Waals surface area (Å²) in [5.74, 6) is 1.59. The Morgan fingerprint density at radius 2 is 2.27 bits per heavy atom. The third-order valence-corrected chi connectivity index (χ3v) is 4.23. The largest absolute Gasteiger partial charge is 0.465 e. The average Bonchev–Trinajstić information content (AvgIpc) is 2.62. The van der Waals surface area contributed by atoms with Crippen molar-refractivity contribution in [2.45, 2.75) is 12.8 Å². The van der Waals surface area contributed by atoms with Crippen molar-refractivity contribution in [1.29, 1.82) is 0 Å². The van der Waals surface area contributed by atoms with E-state index < -0.39 is 6.09 Å². The van der Waals surface area contributed by atoms with Gasteiger partial charge in [-0.05, 0) is 18.8 Å². The van der Waals surface area contributed by atoms with E-state index in [0.29, 0.717) is 30.8 Å². The van der Waals surface area contributed by atoms with Gasteiger partial charge >= 0.3 is 6.09 Å². The molecule has 15 heavy (non-hydrogen) atoms. The van der Waals surface area contributed by atoms with Crippen molar-refractivity contribution in [2.75, 3.05) is 13.1 Å². The first-order valence-corrected chi connectivity index (χ1v) is 5.94. The summed E-state index contributed by atoms with van der Waals surface area (Å²) in [5.41, 5.74) is 1.18. The minimum Gasteiger partial charge on any atom is -0.465 e. The lowest BCUT2D eigenvalue weighted by molar-refractivity contribution is 0.150. The topological polar surface area (TPSA) is 53.4 Å². The van der Waals surface area contributed by atoms with Gasteiger partial charge in [0, 0.05) is 24.4 Å². The molecule has 0 aromatic carbocycles. The maximum absolute atomic E-state index is 10.7. The molecule has 3 atom stereocenters. The lowest BCUT2D eigenvalue weighted by atomic mass is 10.2. The maximum atomic E-state index is 10.7. The number of hydrogen-bond acceptors (Lipinski definition) is 3. The standard InChI is InChI=1S/C10H12N2O2S/c1-5-11-8(4-15-5)9-6-2-12(10(13)14)3-7(6)9/h4,6-7,9H,2-3H2,1H3,(H,13,14)/t6-,7+,9+. The Morgan fingerprint density at radius 1 is 1.60 bits per heavy atom. The first-order valence-electron chi connectivity index (χ1n) is 5.06. The molecule has 1 saturated carbocycles. The molecule has 3 rings (SSSR count). The van der Waals surface area contributed by atoms with Gasteiger partial charge in [-0.25, -0.2) is 9.78 Å². The van der Waals surface area contributed by atoms with Crippen molar-refractivity contribution >= 4 is 17.4 Å². The van der Waals surface area contributed by atoms with Crippen molar-refractivity contribution in [3.05, 3.63) is 16.1 Å². The van der Waals surface area contributed by atoms with Crippen LogP contribution in [0.15, 0.2) is 5.38 Å². The highest BCUT2D eigenvalue weighted by Crippen LogP contribution is 2.57. The fraction of sp³-hybridized carbons (Fsp3) is 0.600. The SMILES string of the molecule is Cc1nc([C@H]2[C@@H]3CN(C(=O)O)C[C@@H]32)cs1. The zero-order valence-electron chi connectivity index (χ0n) is 8.38. The first-order chi connectivity index (χ1) is 7.16. The predicted octanol–water partition coefficient (Wildman–Crippen LogP) is 1.77. The third-order valence-electron chi connectivity index (χ3n) is 3.44. The molecule has 4 nitrogen and oxygen atoms in total. The quantitative estimate of drug-likeness (QED) is 0.791. The van der Waals surface area contributed by atoms with Crippen molar-refractivity contribution < 1.29 is 9.90 Å². The van der Waals surface area contributed by atoms with Gasteiger partial charge in [0.2, 0.25) is 0 Å². The Kier molecular flexibility index (Phi) is 1.80. The predicted molar refractivity (Wildman–Crippen MR) is 56.2 cm³/mol. The molecule has 5 heteroatoms. The monoisotopic (exact) mass is 224 g/mol. The molecule has 0 unspecified atom stereocenters. The molecule has 80 valence electrons. The highest BCUT2D eigenvalue weighted by atomic mass is 32.1. The number of amides is 1. The summed E-state index contributed by atoms with van der Waals surface area (Å²) in [7, 11) is 0. The molecule has 1 aliphatic heterocycles. The number of carboxylic acid groups (broad SMARTS) is 1. The maximum Gasteiger partial charge on any atom is 0.407 e. The minimum absolute atomic E-state index is 0.530. The molecule has 1 amide bonds. The van der Waals surface area contributed by atoms with Crippen LogP contribution >= 0.6 is 11.3 Å². The number of aryl methyl sites for hydroxylation is 1. The van der Waals surface area contributed by atoms with E-state index in [1.54, 1.807) is 11.3 Å². The highest BCUT2D eigenvalue weighted by Gasteiger charge is 2.58. The van der Waals surface area contributed by atoms with Crippen LogP contribution < -0.4 is 0 Å². The number of piperidine rings is 1. The fourth-order valence-corrected chi connectivity index (χ4v) is 3.31. The second-order valence-corrected chi connectivity index (χ2v) is 5.39. The van der Waals surface area contributed by atoms with E-state index >= 15 is 0 Å². The summed E-state index contributed by atoms with van der Waals surface area (Å²) in [6.07, 6.45) is -0.782. The van der Waals surface area contributed by atoms with E-state index in [1.807, 2.05) is 6.92 Å². The van der Waals surface area contributed by atoms with E-state index in [-0.39, 0.29) is 0 Å². The zero-order valence-corrected chi connectivity index (χ0v) is 9.20. The van der Waals surface area contributed by atoms with Crippen LogP contribution in [0.2, 0.25) is 0 Å². The van der Waals surface area contributed by atoms with E-state index in [9.17, 15) is 4.79 Å². The molecule has 1 aliphatic carbocycles. The lowest BCUT2D eigenvalue weighted by Crippen LogP contribution is -2.29. The van der Waals surface area contributed by atoms with Crippen LogP contribution in [0, 0.1) is 18.8 Å². The second-order valence-electron chi connectivity index (χ2n) is 4.33. The number of thiazole rings is 1. The minimum atomic E-state index is -0.782. The first kappa shape index (κ1) is 9.15. The van der Waals surface area contributed by atoms with Gasteiger partial charge in [0.15, 0.2) is 0 Å². The van der Waals surface area contributed by atoms with Gasteiger partial charge in [0.05, 0.1) is 10.7 Å². The van der Waals surface area contributed by atoms with Crippen LogP contribution in [0.3, 0.4) is 0 Å². The zero-order chi connectivity index (χ0) is 10.6. The van der Waals surface area contributed by atoms with Gasteiger partial charge in [-0.15, -0.1) is 11.3 Å². The number of carbonyl (C=O) groups is 1. The molecule has 0 radical (unpaired) electrons. The number of likely N-dealkylation sites (tertiary alicyclic amines) is 1. The Bertz CT molecular complexity index is 405. The Labute approximate surface area is 91.5 Å². The number of hydrogen-bond donors (Lipinski definition) is 1. The number of rotatable bonds is 1. The van der Waals surface area contributed by atoms with Gasteiger partial charge in [-0.2, -0.15) is 0 Å². The van der Waals surface area contributed by atoms with Crippen LogP contribution in [0.4, 0.5) is 4.79 Å². The summed E-state index contributed by atoms with van der Waals surface area (Å²) in [4.78, 5) is 16.7.